The molecule has 0 amide bonds. The number of rotatable bonds is 6. The molecule has 2 unspecified atom stereocenters. The molecular formula is C68H49N. The summed E-state index contributed by atoms with van der Waals surface area (Å²) in [5.74, 6) is 0.540. The highest BCUT2D eigenvalue weighted by atomic mass is 15.1. The van der Waals surface area contributed by atoms with Gasteiger partial charge in [-0.15, -0.1) is 0 Å². The first-order valence-electron chi connectivity index (χ1n) is 24.5. The Bertz CT molecular complexity index is 3710. The van der Waals surface area contributed by atoms with Crippen molar-refractivity contribution in [3.63, 3.8) is 0 Å². The van der Waals surface area contributed by atoms with E-state index in [0.717, 1.165) is 17.1 Å². The van der Waals surface area contributed by atoms with Gasteiger partial charge < -0.3 is 4.90 Å². The molecule has 1 spiro atoms. The van der Waals surface area contributed by atoms with Crippen molar-refractivity contribution in [3.05, 3.63) is 282 Å². The van der Waals surface area contributed by atoms with Crippen LogP contribution in [0, 0.1) is 5.92 Å². The summed E-state index contributed by atoms with van der Waals surface area (Å²) in [4.78, 5) is 2.47. The fourth-order valence-electron chi connectivity index (χ4n) is 13.1. The molecule has 0 aliphatic heterocycles. The van der Waals surface area contributed by atoms with Crippen LogP contribution >= 0.6 is 0 Å². The zero-order valence-electron chi connectivity index (χ0n) is 38.8. The molecular weight excluding hydrogens is 831 g/mol. The first kappa shape index (κ1) is 39.9. The van der Waals surface area contributed by atoms with E-state index >= 15 is 0 Å². The minimum absolute atomic E-state index is 0.0930. The van der Waals surface area contributed by atoms with Gasteiger partial charge in [-0.1, -0.05) is 220 Å². The lowest BCUT2D eigenvalue weighted by Crippen LogP contribution is -2.33. The number of allylic oxidation sites excluding steroid dienone is 4. The van der Waals surface area contributed by atoms with Gasteiger partial charge in [-0.25, -0.2) is 0 Å². The second-order valence-electron chi connectivity index (χ2n) is 19.9. The maximum absolute atomic E-state index is 2.53. The first-order chi connectivity index (χ1) is 34.0. The van der Waals surface area contributed by atoms with E-state index in [2.05, 4.69) is 268 Å². The number of hydrogen-bond donors (Lipinski definition) is 0. The highest BCUT2D eigenvalue weighted by molar-refractivity contribution is 6.05. The van der Waals surface area contributed by atoms with E-state index in [0.29, 0.717) is 0 Å². The van der Waals surface area contributed by atoms with Crippen molar-refractivity contribution in [2.75, 3.05) is 4.90 Å². The van der Waals surface area contributed by atoms with Crippen molar-refractivity contribution in [1.29, 1.82) is 0 Å². The van der Waals surface area contributed by atoms with E-state index in [4.69, 9.17) is 0 Å². The van der Waals surface area contributed by atoms with E-state index in [1.165, 1.54) is 99.8 Å². The van der Waals surface area contributed by atoms with Crippen LogP contribution < -0.4 is 4.90 Å². The Morgan fingerprint density at radius 2 is 0.899 bits per heavy atom. The SMILES string of the molecule is CC1(C)c2ccccc2-c2ccc(-c3c(-c4ccc(N(c5ccc(-c6ccccc6)cc5)c5ccc6c(c5)C5(c7ccccc7-c7ccccc75)C5C=CC=CC65)cc4)ccc4ccccc34)cc21. The third-order valence-corrected chi connectivity index (χ3v) is 16.2. The van der Waals surface area contributed by atoms with Crippen LogP contribution in [0.25, 0.3) is 66.4 Å². The molecule has 0 bridgehead atoms. The van der Waals surface area contributed by atoms with Crippen LogP contribution in [0.4, 0.5) is 17.1 Å². The Balaban J connectivity index is 0.932. The van der Waals surface area contributed by atoms with Gasteiger partial charge in [0.25, 0.3) is 0 Å². The summed E-state index contributed by atoms with van der Waals surface area (Å²) >= 11 is 0. The van der Waals surface area contributed by atoms with Crippen molar-refractivity contribution in [2.24, 2.45) is 5.92 Å². The highest BCUT2D eigenvalue weighted by Crippen LogP contribution is 2.66. The molecule has 0 fully saturated rings. The van der Waals surface area contributed by atoms with Crippen LogP contribution in [0.2, 0.25) is 0 Å². The van der Waals surface area contributed by atoms with E-state index in [9.17, 15) is 0 Å². The topological polar surface area (TPSA) is 3.24 Å². The maximum atomic E-state index is 2.53. The van der Waals surface area contributed by atoms with Gasteiger partial charge in [0.05, 0.1) is 5.41 Å². The van der Waals surface area contributed by atoms with Crippen LogP contribution in [0.1, 0.15) is 53.1 Å². The molecule has 1 nitrogen and oxygen atoms in total. The molecule has 14 rings (SSSR count). The molecule has 326 valence electrons. The number of fused-ring (bicyclic) bond motifs is 14. The molecule has 0 N–H and O–H groups in total. The van der Waals surface area contributed by atoms with Gasteiger partial charge in [-0.05, 0) is 142 Å². The number of anilines is 3. The Hall–Kier alpha value is -8.26. The monoisotopic (exact) mass is 879 g/mol. The summed E-state index contributed by atoms with van der Waals surface area (Å²) < 4.78 is 0. The standard InChI is InChI=1S/C68H49N/c1-67(2)60-24-12-8-20-54(60)58-40-33-48(42-64(58)67)66-52-19-7-6-18-46(52)32-39-53(66)47-30-36-50(37-31-47)69(49-34-28-45(29-35-49)44-16-4-3-5-17-44)51-38-41-59-57-23-11-15-27-63(57)68(65(59)43-51)61-25-13-9-21-55(61)56-22-10-14-26-62(56)68/h3-43,57,63H,1-2H3. The minimum Gasteiger partial charge on any atom is -0.310 e. The summed E-state index contributed by atoms with van der Waals surface area (Å²) in [7, 11) is 0. The maximum Gasteiger partial charge on any atom is 0.0538 e. The molecule has 0 saturated heterocycles. The van der Waals surface area contributed by atoms with Crippen molar-refractivity contribution in [3.8, 4) is 55.6 Å². The molecule has 1 heteroatoms. The number of hydrogen-bond acceptors (Lipinski definition) is 1. The van der Waals surface area contributed by atoms with Crippen molar-refractivity contribution in [1.82, 2.24) is 0 Å². The highest BCUT2D eigenvalue weighted by Gasteiger charge is 2.57. The van der Waals surface area contributed by atoms with Crippen LogP contribution in [0.15, 0.2) is 249 Å². The Morgan fingerprint density at radius 3 is 1.62 bits per heavy atom. The molecule has 0 aromatic heterocycles. The first-order valence-corrected chi connectivity index (χ1v) is 24.5. The summed E-state index contributed by atoms with van der Waals surface area (Å²) in [6.07, 6.45) is 9.43. The molecule has 0 saturated carbocycles. The fraction of sp³-hybridized carbons (Fsp3) is 0.0882. The average Bonchev–Trinajstić information content (AvgIpc) is 3.97. The zero-order valence-corrected chi connectivity index (χ0v) is 38.8. The van der Waals surface area contributed by atoms with Crippen molar-refractivity contribution in [2.45, 2.75) is 30.6 Å². The molecule has 0 heterocycles. The van der Waals surface area contributed by atoms with Gasteiger partial charge in [-0.3, -0.25) is 0 Å². The van der Waals surface area contributed by atoms with Gasteiger partial charge >= 0.3 is 0 Å². The largest absolute Gasteiger partial charge is 0.310 e. The van der Waals surface area contributed by atoms with Gasteiger partial charge in [0, 0.05) is 34.3 Å². The second-order valence-corrected chi connectivity index (χ2v) is 19.9. The summed E-state index contributed by atoms with van der Waals surface area (Å²) in [5.41, 5.74) is 24.1. The van der Waals surface area contributed by atoms with Gasteiger partial charge in [0.15, 0.2) is 0 Å². The minimum atomic E-state index is -0.320. The van der Waals surface area contributed by atoms with Gasteiger partial charge in [-0.2, -0.15) is 0 Å². The quantitative estimate of drug-likeness (QED) is 0.161. The van der Waals surface area contributed by atoms with Crippen LogP contribution in [-0.4, -0.2) is 0 Å². The summed E-state index contributed by atoms with van der Waals surface area (Å²) in [5, 5.41) is 2.51. The molecule has 10 aromatic carbocycles. The lowest BCUT2D eigenvalue weighted by atomic mass is 9.65. The zero-order chi connectivity index (χ0) is 45.8. The second kappa shape index (κ2) is 15.1. The molecule has 10 aromatic rings. The van der Waals surface area contributed by atoms with Gasteiger partial charge in [0.1, 0.15) is 0 Å². The number of nitrogens with zero attached hydrogens (tertiary/aromatic N) is 1. The van der Waals surface area contributed by atoms with Crippen LogP contribution in [-0.2, 0) is 10.8 Å². The van der Waals surface area contributed by atoms with Crippen LogP contribution in [0.5, 0.6) is 0 Å². The lowest BCUT2D eigenvalue weighted by molar-refractivity contribution is 0.465. The molecule has 69 heavy (non-hydrogen) atoms. The molecule has 2 atom stereocenters. The van der Waals surface area contributed by atoms with E-state index in [1.807, 2.05) is 0 Å². The predicted molar refractivity (Wildman–Crippen MR) is 289 cm³/mol. The third-order valence-electron chi connectivity index (χ3n) is 16.2. The van der Waals surface area contributed by atoms with Crippen LogP contribution in [0.3, 0.4) is 0 Å². The average molecular weight is 880 g/mol. The van der Waals surface area contributed by atoms with Crippen molar-refractivity contribution < 1.29 is 0 Å². The van der Waals surface area contributed by atoms with Crippen molar-refractivity contribution >= 4 is 27.8 Å². The summed E-state index contributed by atoms with van der Waals surface area (Å²) in [6, 6.07) is 84.4. The Morgan fingerprint density at radius 1 is 0.362 bits per heavy atom. The normalized spacial score (nSPS) is 17.0. The van der Waals surface area contributed by atoms with E-state index < -0.39 is 0 Å². The molecule has 4 aliphatic rings. The molecule has 4 aliphatic carbocycles. The predicted octanol–water partition coefficient (Wildman–Crippen LogP) is 17.8. The lowest BCUT2D eigenvalue weighted by Gasteiger charge is -2.36. The van der Waals surface area contributed by atoms with Gasteiger partial charge in [0.2, 0.25) is 0 Å². The van der Waals surface area contributed by atoms with E-state index in [-0.39, 0.29) is 22.7 Å². The van der Waals surface area contributed by atoms with E-state index in [1.54, 1.807) is 0 Å². The summed E-state index contributed by atoms with van der Waals surface area (Å²) in [6.45, 7) is 4.75. The number of benzene rings is 10. The third kappa shape index (κ3) is 5.77. The Kier molecular flexibility index (Phi) is 8.74. The Labute approximate surface area is 405 Å². The smallest absolute Gasteiger partial charge is 0.0538 e. The fourth-order valence-corrected chi connectivity index (χ4v) is 13.1. The molecule has 0 radical (unpaired) electrons.